The predicted molar refractivity (Wildman–Crippen MR) is 71.2 cm³/mol. The molecule has 0 aliphatic rings. The maximum atomic E-state index is 9.06. The summed E-state index contributed by atoms with van der Waals surface area (Å²) < 4.78 is 16.7. The molecule has 0 heterocycles. The molecule has 2 N–H and O–H groups in total. The van der Waals surface area contributed by atoms with Gasteiger partial charge in [-0.15, -0.1) is 0 Å². The zero-order chi connectivity index (χ0) is 14.1. The molecule has 0 aliphatic carbocycles. The van der Waals surface area contributed by atoms with Gasteiger partial charge < -0.3 is 28.0 Å². The maximum Gasteiger partial charge on any atom is 0.500 e. The fourth-order valence-corrected chi connectivity index (χ4v) is 3.76. The highest BCUT2D eigenvalue weighted by Crippen LogP contribution is 2.16. The summed E-state index contributed by atoms with van der Waals surface area (Å²) in [6, 6.07) is 0.737. The van der Waals surface area contributed by atoms with Crippen LogP contribution in [0.3, 0.4) is 0 Å². The minimum Gasteiger partial charge on any atom is -0.391 e. The van der Waals surface area contributed by atoms with Gasteiger partial charge in [-0.25, -0.2) is 0 Å². The van der Waals surface area contributed by atoms with Crippen molar-refractivity contribution >= 4 is 8.80 Å². The molecule has 110 valence electrons. The summed E-state index contributed by atoms with van der Waals surface area (Å²) in [6.45, 7) is 2.38. The lowest BCUT2D eigenvalue weighted by Crippen LogP contribution is -2.50. The lowest BCUT2D eigenvalue weighted by atomic mass is 10.3. The number of hydrogen-bond acceptors (Lipinski definition) is 5. The summed E-state index contributed by atoms with van der Waals surface area (Å²) in [4.78, 5) is 0. The zero-order valence-corrected chi connectivity index (χ0v) is 13.0. The molecule has 0 unspecified atom stereocenters. The number of hydrogen-bond donors (Lipinski definition) is 2. The third kappa shape index (κ3) is 5.74. The van der Waals surface area contributed by atoms with Crippen LogP contribution in [0, 0.1) is 0 Å². The van der Waals surface area contributed by atoms with Gasteiger partial charge in [-0.1, -0.05) is 0 Å². The third-order valence-corrected chi connectivity index (χ3v) is 6.23. The van der Waals surface area contributed by atoms with Crippen LogP contribution in [0.1, 0.15) is 6.42 Å². The topological polar surface area (TPSA) is 68.2 Å². The van der Waals surface area contributed by atoms with E-state index in [1.165, 1.54) is 0 Å². The quantitative estimate of drug-likeness (QED) is 0.402. The third-order valence-electron chi connectivity index (χ3n) is 3.39. The Bertz CT molecular complexity index is 199. The second kappa shape index (κ2) is 8.97. The van der Waals surface area contributed by atoms with Gasteiger partial charge in [0, 0.05) is 33.8 Å². The largest absolute Gasteiger partial charge is 0.500 e. The van der Waals surface area contributed by atoms with Gasteiger partial charge in [-0.05, 0) is 0 Å². The SMILES string of the molecule is CO[Si](CCC[N+](C)(CCO)CCO)(OC)OC. The number of nitrogens with zero attached hydrogens (tertiary/aromatic N) is 1. The number of aliphatic hydroxyl groups excluding tert-OH is 2. The summed E-state index contributed by atoms with van der Waals surface area (Å²) in [7, 11) is 4.35. The molecule has 0 aromatic heterocycles. The highest BCUT2D eigenvalue weighted by Gasteiger charge is 2.38. The fourth-order valence-electron chi connectivity index (χ4n) is 2.05. The molecule has 6 nitrogen and oxygen atoms in total. The van der Waals surface area contributed by atoms with E-state index in [0.717, 1.165) is 19.0 Å². The van der Waals surface area contributed by atoms with Gasteiger partial charge >= 0.3 is 8.80 Å². The Balaban J connectivity index is 4.27. The van der Waals surface area contributed by atoms with Crippen molar-refractivity contribution in [1.29, 1.82) is 0 Å². The van der Waals surface area contributed by atoms with Gasteiger partial charge in [0.2, 0.25) is 0 Å². The molecule has 0 saturated carbocycles. The van der Waals surface area contributed by atoms with Gasteiger partial charge in [-0.3, -0.25) is 0 Å². The predicted octanol–water partition coefficient (Wildman–Crippen LogP) is -0.314. The number of aliphatic hydroxyl groups is 2. The summed E-state index contributed by atoms with van der Waals surface area (Å²) in [5.74, 6) is 0. The van der Waals surface area contributed by atoms with E-state index in [0.29, 0.717) is 17.6 Å². The summed E-state index contributed by atoms with van der Waals surface area (Å²) in [5.41, 5.74) is 0. The van der Waals surface area contributed by atoms with Crippen LogP contribution in [0.25, 0.3) is 0 Å². The number of rotatable bonds is 11. The second-order valence-corrected chi connectivity index (χ2v) is 7.73. The molecular formula is C11H28NO5Si+. The summed E-state index contributed by atoms with van der Waals surface area (Å²) in [5, 5.41) is 18.1. The van der Waals surface area contributed by atoms with Crippen molar-refractivity contribution in [2.24, 2.45) is 0 Å². The maximum absolute atomic E-state index is 9.06. The monoisotopic (exact) mass is 282 g/mol. The van der Waals surface area contributed by atoms with Crippen LogP contribution in [0.15, 0.2) is 0 Å². The minimum absolute atomic E-state index is 0.123. The van der Waals surface area contributed by atoms with Gasteiger partial charge in [-0.2, -0.15) is 0 Å². The van der Waals surface area contributed by atoms with Crippen molar-refractivity contribution in [3.63, 3.8) is 0 Å². The Morgan fingerprint density at radius 1 is 0.889 bits per heavy atom. The van der Waals surface area contributed by atoms with Gasteiger partial charge in [0.25, 0.3) is 0 Å². The van der Waals surface area contributed by atoms with Crippen molar-refractivity contribution in [2.75, 3.05) is 61.2 Å². The van der Waals surface area contributed by atoms with Gasteiger partial charge in [0.15, 0.2) is 0 Å². The van der Waals surface area contributed by atoms with Crippen LogP contribution in [-0.4, -0.2) is 84.7 Å². The van der Waals surface area contributed by atoms with Crippen LogP contribution in [0.4, 0.5) is 0 Å². The smallest absolute Gasteiger partial charge is 0.391 e. The molecule has 0 amide bonds. The first-order valence-corrected chi connectivity index (χ1v) is 8.15. The average Bonchev–Trinajstić information content (AvgIpc) is 2.36. The van der Waals surface area contributed by atoms with Gasteiger partial charge in [0.1, 0.15) is 13.1 Å². The molecule has 7 heteroatoms. The molecule has 0 spiro atoms. The zero-order valence-electron chi connectivity index (χ0n) is 12.0. The molecule has 0 aliphatic heterocycles. The molecule has 0 bridgehead atoms. The van der Waals surface area contributed by atoms with E-state index in [4.69, 9.17) is 23.5 Å². The van der Waals surface area contributed by atoms with E-state index in [-0.39, 0.29) is 13.2 Å². The Labute approximate surface area is 111 Å². The van der Waals surface area contributed by atoms with Crippen LogP contribution in [-0.2, 0) is 13.3 Å². The molecular weight excluding hydrogens is 254 g/mol. The van der Waals surface area contributed by atoms with Crippen molar-refractivity contribution in [3.8, 4) is 0 Å². The van der Waals surface area contributed by atoms with E-state index in [1.807, 2.05) is 7.05 Å². The highest BCUT2D eigenvalue weighted by molar-refractivity contribution is 6.60. The lowest BCUT2D eigenvalue weighted by molar-refractivity contribution is -0.910. The van der Waals surface area contributed by atoms with Crippen LogP contribution in [0.5, 0.6) is 0 Å². The molecule has 0 rings (SSSR count). The Morgan fingerprint density at radius 3 is 1.67 bits per heavy atom. The molecule has 0 aromatic carbocycles. The van der Waals surface area contributed by atoms with Crippen molar-refractivity contribution in [1.82, 2.24) is 0 Å². The molecule has 0 saturated heterocycles. The van der Waals surface area contributed by atoms with E-state index in [1.54, 1.807) is 21.3 Å². The summed E-state index contributed by atoms with van der Waals surface area (Å²) >= 11 is 0. The van der Waals surface area contributed by atoms with Gasteiger partial charge in [0.05, 0.1) is 26.8 Å². The molecule has 18 heavy (non-hydrogen) atoms. The highest BCUT2D eigenvalue weighted by atomic mass is 28.4. The lowest BCUT2D eigenvalue weighted by Gasteiger charge is -2.34. The van der Waals surface area contributed by atoms with E-state index in [9.17, 15) is 0 Å². The van der Waals surface area contributed by atoms with Crippen molar-refractivity contribution in [3.05, 3.63) is 0 Å². The Kier molecular flexibility index (Phi) is 8.96. The first kappa shape index (κ1) is 18.0. The van der Waals surface area contributed by atoms with Crippen LogP contribution in [0.2, 0.25) is 6.04 Å². The van der Waals surface area contributed by atoms with E-state index >= 15 is 0 Å². The van der Waals surface area contributed by atoms with E-state index in [2.05, 4.69) is 0 Å². The normalized spacial score (nSPS) is 13.0. The molecule has 0 aromatic rings. The molecule has 0 atom stereocenters. The standard InChI is InChI=1S/C11H28NO5Si/c1-12(7-9-13,8-10-14)6-5-11-18(15-2,16-3)17-4/h13-14H,5-11H2,1-4H3/q+1. The second-order valence-electron chi connectivity index (χ2n) is 4.64. The van der Waals surface area contributed by atoms with Crippen molar-refractivity contribution < 1.29 is 28.0 Å². The van der Waals surface area contributed by atoms with Crippen molar-refractivity contribution in [2.45, 2.75) is 12.5 Å². The number of likely N-dealkylation sites (N-methyl/N-ethyl adjacent to an activating group) is 1. The number of quaternary nitrogens is 1. The summed E-state index contributed by atoms with van der Waals surface area (Å²) in [6.07, 6.45) is 0.873. The average molecular weight is 282 g/mol. The fraction of sp³-hybridized carbons (Fsp3) is 1.00. The minimum atomic E-state index is -2.50. The first-order valence-electron chi connectivity index (χ1n) is 6.22. The Hall–Kier alpha value is -0.0231. The van der Waals surface area contributed by atoms with Crippen LogP contribution < -0.4 is 0 Å². The Morgan fingerprint density at radius 2 is 1.33 bits per heavy atom. The molecule has 0 fully saturated rings. The first-order chi connectivity index (χ1) is 8.51. The van der Waals surface area contributed by atoms with Crippen LogP contribution >= 0.6 is 0 Å². The van der Waals surface area contributed by atoms with E-state index < -0.39 is 8.80 Å². The molecule has 0 radical (unpaired) electrons.